The van der Waals surface area contributed by atoms with E-state index in [9.17, 15) is 14.4 Å². The minimum Gasteiger partial charge on any atom is -0.480 e. The van der Waals surface area contributed by atoms with E-state index in [-0.39, 0.29) is 0 Å². The zero-order valence-corrected chi connectivity index (χ0v) is 12.0. The summed E-state index contributed by atoms with van der Waals surface area (Å²) in [4.78, 5) is 33.7. The van der Waals surface area contributed by atoms with Gasteiger partial charge in [0.2, 0.25) is 5.91 Å². The van der Waals surface area contributed by atoms with Gasteiger partial charge in [-0.3, -0.25) is 4.79 Å². The van der Waals surface area contributed by atoms with Gasteiger partial charge in [0.1, 0.15) is 12.1 Å². The normalized spacial score (nSPS) is 13.4. The van der Waals surface area contributed by atoms with Gasteiger partial charge >= 0.3 is 12.0 Å². The highest BCUT2D eigenvalue weighted by Gasteiger charge is 2.25. The van der Waals surface area contributed by atoms with Gasteiger partial charge in [-0.25, -0.2) is 9.59 Å². The Labute approximate surface area is 116 Å². The molecule has 5 N–H and O–H groups in total. The molecule has 0 rings (SSSR count). The first-order valence-electron chi connectivity index (χ1n) is 6.00. The van der Waals surface area contributed by atoms with Gasteiger partial charge in [-0.2, -0.15) is 11.8 Å². The Kier molecular flexibility index (Phi) is 8.77. The van der Waals surface area contributed by atoms with E-state index in [2.05, 4.69) is 10.6 Å². The lowest BCUT2D eigenvalue weighted by Gasteiger charge is -2.20. The third-order valence-electron chi connectivity index (χ3n) is 2.44. The van der Waals surface area contributed by atoms with Crippen molar-refractivity contribution in [1.29, 1.82) is 0 Å². The van der Waals surface area contributed by atoms with E-state index in [0.717, 1.165) is 0 Å². The summed E-state index contributed by atoms with van der Waals surface area (Å²) in [6.45, 7) is 1.83. The minimum absolute atomic E-state index is 0.340. The van der Waals surface area contributed by atoms with E-state index in [4.69, 9.17) is 10.8 Å². The van der Waals surface area contributed by atoms with Gasteiger partial charge in [0.25, 0.3) is 0 Å². The summed E-state index contributed by atoms with van der Waals surface area (Å²) >= 11 is 1.52. The molecule has 8 heteroatoms. The maximum atomic E-state index is 11.9. The van der Waals surface area contributed by atoms with E-state index in [1.54, 1.807) is 0 Å². The molecular formula is C11H21N3O4S. The van der Waals surface area contributed by atoms with Crippen molar-refractivity contribution in [1.82, 2.24) is 10.6 Å². The smallest absolute Gasteiger partial charge is 0.326 e. The van der Waals surface area contributed by atoms with E-state index in [1.807, 2.05) is 13.2 Å². The number of primary amides is 1. The molecule has 0 aliphatic carbocycles. The lowest BCUT2D eigenvalue weighted by atomic mass is 10.1. The number of nitrogens with one attached hydrogen (secondary N) is 2. The van der Waals surface area contributed by atoms with Gasteiger partial charge in [0.15, 0.2) is 0 Å². The van der Waals surface area contributed by atoms with Crippen molar-refractivity contribution in [3.63, 3.8) is 0 Å². The first-order valence-corrected chi connectivity index (χ1v) is 7.39. The van der Waals surface area contributed by atoms with Crippen LogP contribution < -0.4 is 16.4 Å². The second kappa shape index (κ2) is 9.48. The number of aliphatic carboxylic acids is 1. The van der Waals surface area contributed by atoms with Crippen molar-refractivity contribution < 1.29 is 19.5 Å². The highest BCUT2D eigenvalue weighted by atomic mass is 32.2. The lowest BCUT2D eigenvalue weighted by molar-refractivity contribution is -0.142. The molecule has 0 radical (unpaired) electrons. The van der Waals surface area contributed by atoms with Crippen molar-refractivity contribution in [2.45, 2.75) is 38.3 Å². The van der Waals surface area contributed by atoms with Crippen LogP contribution in [0, 0.1) is 0 Å². The molecule has 3 amide bonds. The van der Waals surface area contributed by atoms with Gasteiger partial charge in [-0.15, -0.1) is 0 Å². The fourth-order valence-electron chi connectivity index (χ4n) is 1.49. The summed E-state index contributed by atoms with van der Waals surface area (Å²) in [5.74, 6) is -0.948. The van der Waals surface area contributed by atoms with E-state index in [0.29, 0.717) is 25.0 Å². The number of urea groups is 1. The summed E-state index contributed by atoms with van der Waals surface area (Å²) in [6.07, 6.45) is 3.24. The van der Waals surface area contributed by atoms with Crippen LogP contribution in [0.3, 0.4) is 0 Å². The summed E-state index contributed by atoms with van der Waals surface area (Å²) in [7, 11) is 0. The van der Waals surface area contributed by atoms with Gasteiger partial charge in [-0.05, 0) is 24.9 Å². The Morgan fingerprint density at radius 3 is 2.26 bits per heavy atom. The number of hydrogen-bond donors (Lipinski definition) is 4. The number of carbonyl (C=O) groups excluding carboxylic acids is 2. The maximum Gasteiger partial charge on any atom is 0.326 e. The monoisotopic (exact) mass is 291 g/mol. The van der Waals surface area contributed by atoms with E-state index >= 15 is 0 Å². The maximum absolute atomic E-state index is 11.9. The van der Waals surface area contributed by atoms with Crippen molar-refractivity contribution in [2.24, 2.45) is 5.73 Å². The predicted molar refractivity (Wildman–Crippen MR) is 74.0 cm³/mol. The number of hydrogen-bond acceptors (Lipinski definition) is 4. The van der Waals surface area contributed by atoms with Crippen LogP contribution in [-0.4, -0.2) is 47.1 Å². The molecule has 2 atom stereocenters. The number of carboxylic acid groups (broad SMARTS) is 1. The van der Waals surface area contributed by atoms with Crippen LogP contribution in [-0.2, 0) is 9.59 Å². The highest BCUT2D eigenvalue weighted by molar-refractivity contribution is 7.98. The van der Waals surface area contributed by atoms with Gasteiger partial charge < -0.3 is 21.5 Å². The van der Waals surface area contributed by atoms with E-state index in [1.165, 1.54) is 11.8 Å². The Morgan fingerprint density at radius 2 is 1.84 bits per heavy atom. The Hall–Kier alpha value is -1.44. The first kappa shape index (κ1) is 17.6. The molecule has 0 aromatic rings. The molecule has 0 fully saturated rings. The summed E-state index contributed by atoms with van der Waals surface area (Å²) in [5, 5.41) is 13.7. The van der Waals surface area contributed by atoms with Crippen LogP contribution in [0.1, 0.15) is 26.2 Å². The summed E-state index contributed by atoms with van der Waals surface area (Å²) in [5.41, 5.74) is 5.00. The number of rotatable bonds is 9. The number of amides is 3. The minimum atomic E-state index is -1.09. The largest absolute Gasteiger partial charge is 0.480 e. The molecule has 0 aliphatic rings. The quantitative estimate of drug-likeness (QED) is 0.481. The summed E-state index contributed by atoms with van der Waals surface area (Å²) < 4.78 is 0. The standard InChI is InChI=1S/C11H21N3O4S/c1-3-4-8(10(16)17)13-9(15)7(5-6-19-2)14-11(12)18/h7-8H,3-6H2,1-2H3,(H,13,15)(H,16,17)(H3,12,14,18)/t7?,8-/m1/s1. The third kappa shape index (κ3) is 7.55. The molecule has 7 nitrogen and oxygen atoms in total. The fourth-order valence-corrected chi connectivity index (χ4v) is 1.97. The number of carboxylic acids is 1. The zero-order chi connectivity index (χ0) is 14.8. The highest BCUT2D eigenvalue weighted by Crippen LogP contribution is 2.03. The second-order valence-electron chi connectivity index (χ2n) is 4.03. The average Bonchev–Trinajstić information content (AvgIpc) is 2.33. The van der Waals surface area contributed by atoms with Crippen LogP contribution in [0.2, 0.25) is 0 Å². The summed E-state index contributed by atoms with van der Waals surface area (Å²) in [6, 6.07) is -2.55. The molecule has 0 spiro atoms. The molecule has 19 heavy (non-hydrogen) atoms. The third-order valence-corrected chi connectivity index (χ3v) is 3.08. The second-order valence-corrected chi connectivity index (χ2v) is 5.02. The first-order chi connectivity index (χ1) is 8.92. The van der Waals surface area contributed by atoms with Crippen molar-refractivity contribution in [3.8, 4) is 0 Å². The molecule has 0 bridgehead atoms. The van der Waals surface area contributed by atoms with E-state index < -0.39 is 30.0 Å². The topological polar surface area (TPSA) is 122 Å². The van der Waals surface area contributed by atoms with Gasteiger partial charge in [0, 0.05) is 0 Å². The predicted octanol–water partition coefficient (Wildman–Crippen LogP) is 0.146. The Balaban J connectivity index is 4.58. The Bertz CT molecular complexity index is 325. The van der Waals surface area contributed by atoms with Crippen LogP contribution in [0.15, 0.2) is 0 Å². The van der Waals surface area contributed by atoms with Crippen LogP contribution in [0.4, 0.5) is 4.79 Å². The molecule has 1 unspecified atom stereocenters. The number of nitrogens with two attached hydrogens (primary N) is 1. The van der Waals surface area contributed by atoms with Crippen LogP contribution in [0.25, 0.3) is 0 Å². The van der Waals surface area contributed by atoms with Crippen molar-refractivity contribution >= 4 is 29.7 Å². The average molecular weight is 291 g/mol. The molecular weight excluding hydrogens is 270 g/mol. The molecule has 0 saturated heterocycles. The number of carbonyl (C=O) groups is 3. The molecule has 0 saturated carbocycles. The SMILES string of the molecule is CCC[C@@H](NC(=O)C(CCSC)NC(N)=O)C(=O)O. The van der Waals surface area contributed by atoms with Crippen molar-refractivity contribution in [3.05, 3.63) is 0 Å². The molecule has 0 aromatic carbocycles. The molecule has 0 heterocycles. The van der Waals surface area contributed by atoms with Gasteiger partial charge in [0.05, 0.1) is 0 Å². The van der Waals surface area contributed by atoms with Crippen LogP contribution in [0.5, 0.6) is 0 Å². The Morgan fingerprint density at radius 1 is 1.21 bits per heavy atom. The van der Waals surface area contributed by atoms with Crippen LogP contribution >= 0.6 is 11.8 Å². The lowest BCUT2D eigenvalue weighted by Crippen LogP contribution is -2.52. The zero-order valence-electron chi connectivity index (χ0n) is 11.1. The molecule has 0 aromatic heterocycles. The fraction of sp³-hybridized carbons (Fsp3) is 0.727. The van der Waals surface area contributed by atoms with Gasteiger partial charge in [-0.1, -0.05) is 13.3 Å². The molecule has 110 valence electrons. The molecule has 0 aliphatic heterocycles. The van der Waals surface area contributed by atoms with Crippen molar-refractivity contribution in [2.75, 3.05) is 12.0 Å². The number of thioether (sulfide) groups is 1.